The van der Waals surface area contributed by atoms with Crippen molar-refractivity contribution in [3.05, 3.63) is 48.6 Å². The van der Waals surface area contributed by atoms with E-state index in [4.69, 9.17) is 14.2 Å². The minimum absolute atomic E-state index is 0.0389. The van der Waals surface area contributed by atoms with Crippen molar-refractivity contribution in [2.75, 3.05) is 41.0 Å². The fourth-order valence-electron chi connectivity index (χ4n) is 7.36. The molecule has 2 atom stereocenters. The van der Waals surface area contributed by atoms with Gasteiger partial charge in [-0.15, -0.1) is 0 Å². The highest BCUT2D eigenvalue weighted by atomic mass is 16.6. The Morgan fingerprint density at radius 3 is 1.36 bits per heavy atom. The van der Waals surface area contributed by atoms with Gasteiger partial charge in [0.2, 0.25) is 0 Å². The first kappa shape index (κ1) is 58.3. The van der Waals surface area contributed by atoms with Crippen LogP contribution in [-0.4, -0.2) is 75.5 Å². The Balaban J connectivity index is 4.26. The summed E-state index contributed by atoms with van der Waals surface area (Å²) in [5, 5.41) is 11.7. The molecule has 0 aromatic carbocycles. The molecule has 0 saturated heterocycles. The number of likely N-dealkylation sites (N-methyl/N-ethyl adjacent to an activating group) is 1. The Bertz CT molecular complexity index is 1140. The molecule has 0 aliphatic carbocycles. The molecule has 0 aromatic heterocycles. The highest BCUT2D eigenvalue weighted by Gasteiger charge is 2.25. The molecule has 0 aliphatic heterocycles. The number of quaternary nitrogens is 1. The predicted molar refractivity (Wildman–Crippen MR) is 254 cm³/mol. The van der Waals surface area contributed by atoms with Crippen molar-refractivity contribution in [2.45, 2.75) is 231 Å². The molecule has 0 fully saturated rings. The Kier molecular flexibility index (Phi) is 42.0. The number of carbonyl (C=O) groups is 3. The van der Waals surface area contributed by atoms with Crippen LogP contribution < -0.4 is 5.11 Å². The van der Waals surface area contributed by atoms with Crippen molar-refractivity contribution in [2.24, 2.45) is 0 Å². The van der Waals surface area contributed by atoms with Crippen LogP contribution in [0.2, 0.25) is 0 Å². The molecule has 0 spiro atoms. The molecule has 0 aromatic rings. The zero-order valence-corrected chi connectivity index (χ0v) is 40.3. The number of hydrogen-bond donors (Lipinski definition) is 0. The molecule has 0 aliphatic rings. The maximum Gasteiger partial charge on any atom is 0.306 e. The van der Waals surface area contributed by atoms with Gasteiger partial charge < -0.3 is 28.6 Å². The van der Waals surface area contributed by atoms with Crippen molar-refractivity contribution in [1.29, 1.82) is 0 Å². The number of carbonyl (C=O) groups excluding carboxylic acids is 3. The van der Waals surface area contributed by atoms with E-state index in [9.17, 15) is 19.5 Å². The van der Waals surface area contributed by atoms with Crippen LogP contribution >= 0.6 is 0 Å². The number of allylic oxidation sites excluding steroid dienone is 8. The summed E-state index contributed by atoms with van der Waals surface area (Å²) in [5.74, 6) is -1.74. The Hall–Kier alpha value is -2.71. The highest BCUT2D eigenvalue weighted by molar-refractivity contribution is 5.70. The van der Waals surface area contributed by atoms with Gasteiger partial charge in [0.05, 0.1) is 40.3 Å². The largest absolute Gasteiger partial charge is 0.544 e. The zero-order valence-electron chi connectivity index (χ0n) is 40.3. The van der Waals surface area contributed by atoms with Gasteiger partial charge in [-0.3, -0.25) is 9.59 Å². The van der Waals surface area contributed by atoms with Crippen molar-refractivity contribution >= 4 is 17.9 Å². The SMILES string of the molecule is CC/C=C\C/C=C\C/C=C\C/C=C\CCCCCCCCCCC(=O)OC(COCCC(C(=O)[O-])[N+](C)(C)C)COC(=O)CCCCCCCCCCCCCCCCCC. The second kappa shape index (κ2) is 43.9. The standard InChI is InChI=1S/C53H95NO7/c1-6-8-10-12-14-16-18-20-22-24-25-26-27-28-30-32-34-36-38-40-42-44-52(56)61-49(47-59-46-45-50(53(57)58)54(3,4)5)48-60-51(55)43-41-39-37-35-33-31-29-23-21-19-17-15-13-11-9-7-2/h8,10,14,16,20,22,25-26,49-50H,6-7,9,11-13,15,17-19,21,23-24,27-48H2,1-5H3/b10-8-,16-14-,22-20-,26-25-. The van der Waals surface area contributed by atoms with E-state index in [1.807, 2.05) is 0 Å². The van der Waals surface area contributed by atoms with E-state index in [2.05, 4.69) is 62.5 Å². The molecule has 0 bridgehead atoms. The Morgan fingerprint density at radius 2 is 0.918 bits per heavy atom. The minimum Gasteiger partial charge on any atom is -0.544 e. The molecule has 354 valence electrons. The minimum atomic E-state index is -1.13. The molecule has 8 heteroatoms. The molecular formula is C53H95NO7. The quantitative estimate of drug-likeness (QED) is 0.0260. The maximum atomic E-state index is 12.8. The van der Waals surface area contributed by atoms with Gasteiger partial charge in [-0.2, -0.15) is 0 Å². The van der Waals surface area contributed by atoms with Gasteiger partial charge in [0.25, 0.3) is 0 Å². The Labute approximate surface area is 376 Å². The third-order valence-corrected chi connectivity index (χ3v) is 11.2. The van der Waals surface area contributed by atoms with Crippen LogP contribution in [0.1, 0.15) is 219 Å². The molecule has 0 saturated carbocycles. The molecular weight excluding hydrogens is 763 g/mol. The summed E-state index contributed by atoms with van der Waals surface area (Å²) in [6.07, 6.45) is 52.8. The van der Waals surface area contributed by atoms with E-state index in [-0.39, 0.29) is 42.7 Å². The summed E-state index contributed by atoms with van der Waals surface area (Å²) < 4.78 is 17.2. The lowest BCUT2D eigenvalue weighted by molar-refractivity contribution is -0.889. The third kappa shape index (κ3) is 42.4. The van der Waals surface area contributed by atoms with E-state index in [0.717, 1.165) is 70.6 Å². The number of hydrogen-bond acceptors (Lipinski definition) is 7. The summed E-state index contributed by atoms with van der Waals surface area (Å²) in [7, 11) is 5.41. The first-order valence-electron chi connectivity index (χ1n) is 25.2. The number of carboxylic acids is 1. The first-order valence-corrected chi connectivity index (χ1v) is 25.2. The van der Waals surface area contributed by atoms with Crippen LogP contribution in [0.4, 0.5) is 0 Å². The van der Waals surface area contributed by atoms with Crippen molar-refractivity contribution < 1.29 is 38.2 Å². The summed E-state index contributed by atoms with van der Waals surface area (Å²) in [6, 6.07) is -0.727. The average molecular weight is 858 g/mol. The van der Waals surface area contributed by atoms with Gasteiger partial charge in [0, 0.05) is 19.3 Å². The molecule has 2 unspecified atom stereocenters. The first-order chi connectivity index (χ1) is 29.6. The van der Waals surface area contributed by atoms with Gasteiger partial charge in [-0.05, 0) is 51.4 Å². The fraction of sp³-hybridized carbons (Fsp3) is 0.792. The number of unbranched alkanes of at least 4 members (excludes halogenated alkanes) is 23. The lowest BCUT2D eigenvalue weighted by Gasteiger charge is -2.34. The van der Waals surface area contributed by atoms with E-state index >= 15 is 0 Å². The number of nitrogens with zero attached hydrogens (tertiary/aromatic N) is 1. The van der Waals surface area contributed by atoms with Gasteiger partial charge >= 0.3 is 11.9 Å². The second-order valence-corrected chi connectivity index (χ2v) is 18.0. The molecule has 61 heavy (non-hydrogen) atoms. The highest BCUT2D eigenvalue weighted by Crippen LogP contribution is 2.16. The average Bonchev–Trinajstić information content (AvgIpc) is 3.22. The van der Waals surface area contributed by atoms with Crippen LogP contribution in [0.3, 0.4) is 0 Å². The summed E-state index contributed by atoms with van der Waals surface area (Å²) in [4.78, 5) is 37.0. The maximum absolute atomic E-state index is 12.8. The van der Waals surface area contributed by atoms with Crippen LogP contribution in [0.25, 0.3) is 0 Å². The normalized spacial score (nSPS) is 13.3. The van der Waals surface area contributed by atoms with Gasteiger partial charge in [0.15, 0.2) is 6.10 Å². The van der Waals surface area contributed by atoms with E-state index < -0.39 is 18.1 Å². The fourth-order valence-corrected chi connectivity index (χ4v) is 7.36. The summed E-state index contributed by atoms with van der Waals surface area (Å²) in [6.45, 7) is 4.57. The summed E-state index contributed by atoms with van der Waals surface area (Å²) in [5.41, 5.74) is 0. The van der Waals surface area contributed by atoms with Crippen molar-refractivity contribution in [1.82, 2.24) is 0 Å². The van der Waals surface area contributed by atoms with E-state index in [1.165, 1.54) is 116 Å². The number of rotatable bonds is 45. The van der Waals surface area contributed by atoms with E-state index in [0.29, 0.717) is 12.8 Å². The molecule has 0 amide bonds. The zero-order chi connectivity index (χ0) is 44.9. The van der Waals surface area contributed by atoms with Crippen molar-refractivity contribution in [3.8, 4) is 0 Å². The van der Waals surface area contributed by atoms with Crippen LogP contribution in [0, 0.1) is 0 Å². The number of esters is 2. The molecule has 0 radical (unpaired) electrons. The molecule has 0 rings (SSSR count). The summed E-state index contributed by atoms with van der Waals surface area (Å²) >= 11 is 0. The topological polar surface area (TPSA) is 102 Å². The van der Waals surface area contributed by atoms with Crippen LogP contribution in [0.5, 0.6) is 0 Å². The lowest BCUT2D eigenvalue weighted by atomic mass is 10.0. The van der Waals surface area contributed by atoms with Crippen LogP contribution in [0.15, 0.2) is 48.6 Å². The number of aliphatic carboxylic acids is 1. The predicted octanol–water partition coefficient (Wildman–Crippen LogP) is 13.0. The monoisotopic (exact) mass is 858 g/mol. The van der Waals surface area contributed by atoms with E-state index in [1.54, 1.807) is 21.1 Å². The number of ether oxygens (including phenoxy) is 3. The molecule has 0 heterocycles. The van der Waals surface area contributed by atoms with Gasteiger partial charge in [0.1, 0.15) is 12.6 Å². The van der Waals surface area contributed by atoms with Crippen LogP contribution in [-0.2, 0) is 28.6 Å². The molecule has 8 nitrogen and oxygen atoms in total. The number of carboxylic acid groups (broad SMARTS) is 1. The van der Waals surface area contributed by atoms with Crippen molar-refractivity contribution in [3.63, 3.8) is 0 Å². The third-order valence-electron chi connectivity index (χ3n) is 11.2. The smallest absolute Gasteiger partial charge is 0.306 e. The van der Waals surface area contributed by atoms with Gasteiger partial charge in [-0.1, -0.05) is 197 Å². The van der Waals surface area contributed by atoms with Gasteiger partial charge in [-0.25, -0.2) is 0 Å². The Morgan fingerprint density at radius 1 is 0.508 bits per heavy atom. The lowest BCUT2D eigenvalue weighted by Crippen LogP contribution is -2.55. The molecule has 0 N–H and O–H groups in total. The second-order valence-electron chi connectivity index (χ2n) is 18.0.